The van der Waals surface area contributed by atoms with E-state index in [2.05, 4.69) is 14.7 Å². The van der Waals surface area contributed by atoms with Crippen molar-refractivity contribution < 1.29 is 41.7 Å². The lowest BCUT2D eigenvalue weighted by molar-refractivity contribution is -0.202. The molecule has 1 aromatic rings. The first-order valence-corrected chi connectivity index (χ1v) is 9.20. The van der Waals surface area contributed by atoms with Crippen molar-refractivity contribution in [2.45, 2.75) is 25.7 Å². The summed E-state index contributed by atoms with van der Waals surface area (Å²) < 4.78 is 68.1. The summed E-state index contributed by atoms with van der Waals surface area (Å²) in [6.45, 7) is 3.95. The molecule has 1 aliphatic heterocycles. The maximum atomic E-state index is 14.1. The Morgan fingerprint density at radius 1 is 1.03 bits per heavy atom. The third-order valence-corrected chi connectivity index (χ3v) is 4.52. The van der Waals surface area contributed by atoms with Gasteiger partial charge < -0.3 is 28.6 Å². The second-order valence-corrected chi connectivity index (χ2v) is 6.16. The number of aliphatic imine (C=N–C) groups is 2. The minimum Gasteiger partial charge on any atom is -0.493 e. The van der Waals surface area contributed by atoms with Crippen molar-refractivity contribution in [2.24, 2.45) is 9.98 Å². The van der Waals surface area contributed by atoms with Gasteiger partial charge >= 0.3 is 17.8 Å². The number of hydrogen-bond donors (Lipinski definition) is 0. The molecule has 0 fully saturated rings. The van der Waals surface area contributed by atoms with Gasteiger partial charge in [0.15, 0.2) is 11.5 Å². The molecule has 12 heteroatoms. The summed E-state index contributed by atoms with van der Waals surface area (Å²) in [4.78, 5) is 20.8. The van der Waals surface area contributed by atoms with Crippen molar-refractivity contribution in [1.29, 1.82) is 0 Å². The zero-order valence-electron chi connectivity index (χ0n) is 18.0. The zero-order chi connectivity index (χ0) is 23.4. The first kappa shape index (κ1) is 24.1. The van der Waals surface area contributed by atoms with Crippen molar-refractivity contribution in [1.82, 2.24) is 4.90 Å². The van der Waals surface area contributed by atoms with Crippen molar-refractivity contribution in [3.8, 4) is 17.2 Å². The van der Waals surface area contributed by atoms with Crippen molar-refractivity contribution in [2.75, 3.05) is 41.5 Å². The van der Waals surface area contributed by atoms with Crippen molar-refractivity contribution in [3.05, 3.63) is 17.7 Å². The number of alkyl halides is 3. The first-order valence-electron chi connectivity index (χ1n) is 9.20. The molecule has 0 N–H and O–H groups in total. The van der Waals surface area contributed by atoms with Crippen LogP contribution in [0.15, 0.2) is 22.1 Å². The number of carbonyl (C=O) groups excluding carboxylic acids is 1. The minimum atomic E-state index is -5.20. The topological polar surface area (TPSA) is 91.2 Å². The maximum Gasteiger partial charge on any atom is 0.446 e. The van der Waals surface area contributed by atoms with E-state index in [1.807, 2.05) is 0 Å². The highest BCUT2D eigenvalue weighted by atomic mass is 19.4. The van der Waals surface area contributed by atoms with Gasteiger partial charge in [0.1, 0.15) is 0 Å². The Kier molecular flexibility index (Phi) is 7.24. The van der Waals surface area contributed by atoms with Gasteiger partial charge in [-0.3, -0.25) is 0 Å². The minimum absolute atomic E-state index is 0.0478. The van der Waals surface area contributed by atoms with E-state index in [4.69, 9.17) is 18.9 Å². The molecule has 1 atom stereocenters. The Labute approximate surface area is 177 Å². The number of halogens is 3. The average molecular weight is 447 g/mol. The van der Waals surface area contributed by atoms with Crippen LogP contribution in [0.2, 0.25) is 0 Å². The Morgan fingerprint density at radius 2 is 1.58 bits per heavy atom. The molecule has 0 radical (unpaired) electrons. The molecule has 0 unspecified atom stereocenters. The van der Waals surface area contributed by atoms with Gasteiger partial charge in [0.05, 0.1) is 28.4 Å². The maximum absolute atomic E-state index is 14.1. The second-order valence-electron chi connectivity index (χ2n) is 6.16. The molecule has 9 nitrogen and oxygen atoms in total. The van der Waals surface area contributed by atoms with Gasteiger partial charge in [-0.25, -0.2) is 4.79 Å². The van der Waals surface area contributed by atoms with E-state index in [1.54, 1.807) is 13.8 Å². The van der Waals surface area contributed by atoms with Gasteiger partial charge in [0.25, 0.3) is 6.02 Å². The van der Waals surface area contributed by atoms with Gasteiger partial charge in [0, 0.05) is 18.7 Å². The van der Waals surface area contributed by atoms with Crippen LogP contribution in [0.3, 0.4) is 0 Å². The van der Waals surface area contributed by atoms with Gasteiger partial charge in [0.2, 0.25) is 11.6 Å². The fourth-order valence-corrected chi connectivity index (χ4v) is 2.88. The van der Waals surface area contributed by atoms with E-state index in [0.29, 0.717) is 0 Å². The molecule has 1 heterocycles. The van der Waals surface area contributed by atoms with Crippen LogP contribution in [0.4, 0.5) is 13.2 Å². The fraction of sp³-hybridized carbons (Fsp3) is 0.526. The number of esters is 1. The fourth-order valence-electron chi connectivity index (χ4n) is 2.88. The SMILES string of the molecule is CCN(CC)C1=N[C@](C(=O)OC)(C(F)(F)F)N=C(c2cc(OC)c(OC)c(OC)c2)O1. The Morgan fingerprint density at radius 3 is 1.97 bits per heavy atom. The lowest BCUT2D eigenvalue weighted by atomic mass is 10.1. The molecule has 1 aliphatic rings. The molecular formula is C19H24F3N3O6. The number of ether oxygens (including phenoxy) is 5. The third kappa shape index (κ3) is 4.32. The summed E-state index contributed by atoms with van der Waals surface area (Å²) in [5, 5.41) is 0. The van der Waals surface area contributed by atoms with Gasteiger partial charge in [-0.05, 0) is 26.0 Å². The molecule has 0 saturated carbocycles. The van der Waals surface area contributed by atoms with Gasteiger partial charge in [-0.1, -0.05) is 0 Å². The number of amidine groups is 1. The Bertz CT molecular complexity index is 858. The number of rotatable bonds is 7. The summed E-state index contributed by atoms with van der Waals surface area (Å²) >= 11 is 0. The van der Waals surface area contributed by atoms with Crippen LogP contribution in [0.25, 0.3) is 0 Å². The summed E-state index contributed by atoms with van der Waals surface area (Å²) in [7, 11) is 4.90. The Hall–Kier alpha value is -3.18. The molecule has 0 saturated heterocycles. The van der Waals surface area contributed by atoms with Crippen LogP contribution in [0.5, 0.6) is 17.2 Å². The molecule has 172 valence electrons. The highest BCUT2D eigenvalue weighted by Gasteiger charge is 2.65. The van der Waals surface area contributed by atoms with Crippen LogP contribution >= 0.6 is 0 Å². The molecule has 0 bridgehead atoms. The average Bonchev–Trinajstić information content (AvgIpc) is 2.77. The first-order chi connectivity index (χ1) is 14.6. The molecule has 1 aromatic carbocycles. The summed E-state index contributed by atoms with van der Waals surface area (Å²) in [5.41, 5.74) is -3.49. The quantitative estimate of drug-likeness (QED) is 0.594. The van der Waals surface area contributed by atoms with Crippen LogP contribution in [-0.2, 0) is 14.3 Å². The van der Waals surface area contributed by atoms with Crippen molar-refractivity contribution in [3.63, 3.8) is 0 Å². The standard InChI is InChI=1S/C19H24F3N3O6/c1-7-25(8-2)17-24-18(16(26)30-6,19(20,21)22)23-15(31-17)11-9-12(27-3)14(29-5)13(10-11)28-4/h9-10H,7-8H2,1-6H3/t18-/m1/s1. The monoisotopic (exact) mass is 447 g/mol. The number of hydrogen-bond acceptors (Lipinski definition) is 9. The van der Waals surface area contributed by atoms with Crippen LogP contribution in [0.1, 0.15) is 19.4 Å². The van der Waals surface area contributed by atoms with Crippen molar-refractivity contribution >= 4 is 17.9 Å². The molecule has 31 heavy (non-hydrogen) atoms. The van der Waals surface area contributed by atoms with E-state index in [-0.39, 0.29) is 35.9 Å². The third-order valence-electron chi connectivity index (χ3n) is 4.52. The molecule has 0 spiro atoms. The van der Waals surface area contributed by atoms with E-state index < -0.39 is 29.7 Å². The lowest BCUT2D eigenvalue weighted by Gasteiger charge is -2.33. The summed E-state index contributed by atoms with van der Waals surface area (Å²) in [6.07, 6.45) is -5.20. The van der Waals surface area contributed by atoms with Crippen LogP contribution in [-0.4, -0.2) is 76.2 Å². The summed E-state index contributed by atoms with van der Waals surface area (Å²) in [5.74, 6) is -1.67. The summed E-state index contributed by atoms with van der Waals surface area (Å²) in [6, 6.07) is 2.28. The number of methoxy groups -OCH3 is 4. The van der Waals surface area contributed by atoms with E-state index in [9.17, 15) is 18.0 Å². The number of nitrogens with zero attached hydrogens (tertiary/aromatic N) is 3. The smallest absolute Gasteiger partial charge is 0.446 e. The molecule has 0 aromatic heterocycles. The zero-order valence-corrected chi connectivity index (χ0v) is 18.0. The normalized spacial score (nSPS) is 18.4. The predicted octanol–water partition coefficient (Wildman–Crippen LogP) is 2.62. The van der Waals surface area contributed by atoms with E-state index in [1.165, 1.54) is 38.4 Å². The largest absolute Gasteiger partial charge is 0.493 e. The molecular weight excluding hydrogens is 423 g/mol. The second kappa shape index (κ2) is 9.31. The number of benzene rings is 1. The number of carbonyl (C=O) groups is 1. The highest BCUT2D eigenvalue weighted by molar-refractivity contribution is 6.06. The van der Waals surface area contributed by atoms with Gasteiger partial charge in [-0.2, -0.15) is 23.2 Å². The van der Waals surface area contributed by atoms with E-state index in [0.717, 1.165) is 7.11 Å². The molecule has 0 aliphatic carbocycles. The Balaban J connectivity index is 2.80. The van der Waals surface area contributed by atoms with Crippen LogP contribution < -0.4 is 14.2 Å². The molecule has 0 amide bonds. The molecule has 2 rings (SSSR count). The lowest BCUT2D eigenvalue weighted by Crippen LogP contribution is -2.54. The van der Waals surface area contributed by atoms with Gasteiger partial charge in [-0.15, -0.1) is 0 Å². The predicted molar refractivity (Wildman–Crippen MR) is 105 cm³/mol. The van der Waals surface area contributed by atoms with E-state index >= 15 is 0 Å². The highest BCUT2D eigenvalue weighted by Crippen LogP contribution is 2.42. The van der Waals surface area contributed by atoms with Crippen LogP contribution in [0, 0.1) is 0 Å².